The van der Waals surface area contributed by atoms with Crippen LogP contribution >= 0.6 is 0 Å². The van der Waals surface area contributed by atoms with E-state index in [9.17, 15) is 4.79 Å². The molecule has 1 N–H and O–H groups in total. The van der Waals surface area contributed by atoms with E-state index in [1.165, 1.54) is 12.8 Å². The molecule has 0 unspecified atom stereocenters. The minimum absolute atomic E-state index is 0.120. The second kappa shape index (κ2) is 10.2. The molecule has 9 heteroatoms. The standard InChI is InChI=1S/C23H33N5O4/c1-30-20-11-10-16(21(31-2)22(20)32-3)13-27-12-6-9-18(14-27)28-15-19(25-26-28)23(29)24-17-7-4-5-8-17/h10-11,15,17-18H,4-9,12-14H2,1-3H3,(H,24,29)/t18-/m0/s1. The molecular weight excluding hydrogens is 410 g/mol. The molecule has 2 heterocycles. The second-order valence-electron chi connectivity index (χ2n) is 8.56. The molecule has 2 aromatic rings. The number of piperidine rings is 1. The molecule has 0 radical (unpaired) electrons. The summed E-state index contributed by atoms with van der Waals surface area (Å²) in [5.41, 5.74) is 1.44. The van der Waals surface area contributed by atoms with E-state index in [4.69, 9.17) is 14.2 Å². The van der Waals surface area contributed by atoms with Crippen LogP contribution < -0.4 is 19.5 Å². The van der Waals surface area contributed by atoms with Gasteiger partial charge in [0.15, 0.2) is 17.2 Å². The first-order valence-electron chi connectivity index (χ1n) is 11.4. The Hall–Kier alpha value is -2.81. The van der Waals surface area contributed by atoms with Gasteiger partial charge in [0.2, 0.25) is 5.75 Å². The molecule has 1 saturated heterocycles. The molecule has 0 spiro atoms. The lowest BCUT2D eigenvalue weighted by molar-refractivity contribution is 0.0932. The molecule has 1 aromatic carbocycles. The first-order chi connectivity index (χ1) is 15.6. The van der Waals surface area contributed by atoms with Gasteiger partial charge in [-0.15, -0.1) is 5.10 Å². The highest BCUT2D eigenvalue weighted by atomic mass is 16.5. The molecule has 1 aromatic heterocycles. The average molecular weight is 444 g/mol. The van der Waals surface area contributed by atoms with Crippen LogP contribution in [0.1, 0.15) is 60.6 Å². The number of ether oxygens (including phenoxy) is 3. The summed E-state index contributed by atoms with van der Waals surface area (Å²) in [5, 5.41) is 11.5. The lowest BCUT2D eigenvalue weighted by Gasteiger charge is -2.33. The van der Waals surface area contributed by atoms with Crippen LogP contribution in [0.4, 0.5) is 0 Å². The Morgan fingerprint density at radius 3 is 2.56 bits per heavy atom. The number of hydrogen-bond donors (Lipinski definition) is 1. The molecule has 1 saturated carbocycles. The van der Waals surface area contributed by atoms with Crippen LogP contribution in [0.5, 0.6) is 17.2 Å². The SMILES string of the molecule is COc1ccc(CN2CCC[C@H](n3cc(C(=O)NC4CCCC4)nn3)C2)c(OC)c1OC. The molecule has 0 bridgehead atoms. The van der Waals surface area contributed by atoms with Gasteiger partial charge in [0.1, 0.15) is 0 Å². The van der Waals surface area contributed by atoms with Gasteiger partial charge in [-0.25, -0.2) is 4.68 Å². The number of amides is 1. The minimum Gasteiger partial charge on any atom is -0.493 e. The average Bonchev–Trinajstić information content (AvgIpc) is 3.51. The quantitative estimate of drug-likeness (QED) is 0.671. The first-order valence-corrected chi connectivity index (χ1v) is 11.4. The first kappa shape index (κ1) is 22.4. The molecule has 32 heavy (non-hydrogen) atoms. The van der Waals surface area contributed by atoms with Gasteiger partial charge in [0.05, 0.1) is 33.6 Å². The second-order valence-corrected chi connectivity index (χ2v) is 8.56. The van der Waals surface area contributed by atoms with E-state index >= 15 is 0 Å². The van der Waals surface area contributed by atoms with Gasteiger partial charge >= 0.3 is 0 Å². The smallest absolute Gasteiger partial charge is 0.273 e. The number of likely N-dealkylation sites (tertiary alicyclic amines) is 1. The normalized spacial score (nSPS) is 19.7. The van der Waals surface area contributed by atoms with Crippen molar-refractivity contribution in [1.29, 1.82) is 0 Å². The maximum absolute atomic E-state index is 12.5. The van der Waals surface area contributed by atoms with Crippen molar-refractivity contribution in [2.75, 3.05) is 34.4 Å². The number of methoxy groups -OCH3 is 3. The third-order valence-corrected chi connectivity index (χ3v) is 6.47. The third-order valence-electron chi connectivity index (χ3n) is 6.47. The Morgan fingerprint density at radius 1 is 1.06 bits per heavy atom. The predicted octanol–water partition coefficient (Wildman–Crippen LogP) is 2.81. The fraction of sp³-hybridized carbons (Fsp3) is 0.609. The number of carbonyl (C=O) groups excluding carboxylic acids is 1. The lowest BCUT2D eigenvalue weighted by Crippen LogP contribution is -2.36. The van der Waals surface area contributed by atoms with Gasteiger partial charge in [-0.1, -0.05) is 24.1 Å². The number of rotatable bonds is 8. The summed E-state index contributed by atoms with van der Waals surface area (Å²) in [4.78, 5) is 14.9. The summed E-state index contributed by atoms with van der Waals surface area (Å²) >= 11 is 0. The number of carbonyl (C=O) groups is 1. The Morgan fingerprint density at radius 2 is 1.84 bits per heavy atom. The topological polar surface area (TPSA) is 90.7 Å². The van der Waals surface area contributed by atoms with Crippen LogP contribution in [0.15, 0.2) is 18.3 Å². The minimum atomic E-state index is -0.120. The molecular formula is C23H33N5O4. The zero-order valence-corrected chi connectivity index (χ0v) is 19.2. The van der Waals surface area contributed by atoms with Crippen LogP contribution in [-0.4, -0.2) is 66.3 Å². The van der Waals surface area contributed by atoms with Crippen molar-refractivity contribution in [3.63, 3.8) is 0 Å². The summed E-state index contributed by atoms with van der Waals surface area (Å²) < 4.78 is 18.4. The van der Waals surface area contributed by atoms with Crippen LogP contribution in [0.25, 0.3) is 0 Å². The predicted molar refractivity (Wildman–Crippen MR) is 119 cm³/mol. The van der Waals surface area contributed by atoms with E-state index in [0.717, 1.165) is 50.9 Å². The Labute approximate surface area is 189 Å². The molecule has 174 valence electrons. The van der Waals surface area contributed by atoms with Gasteiger partial charge in [0.25, 0.3) is 5.91 Å². The third kappa shape index (κ3) is 4.82. The van der Waals surface area contributed by atoms with Gasteiger partial charge < -0.3 is 19.5 Å². The van der Waals surface area contributed by atoms with Crippen LogP contribution in [-0.2, 0) is 6.54 Å². The highest BCUT2D eigenvalue weighted by Crippen LogP contribution is 2.40. The van der Waals surface area contributed by atoms with E-state index in [1.54, 1.807) is 27.5 Å². The van der Waals surface area contributed by atoms with E-state index in [-0.39, 0.29) is 18.0 Å². The summed E-state index contributed by atoms with van der Waals surface area (Å²) in [6.07, 6.45) is 8.31. The van der Waals surface area contributed by atoms with Gasteiger partial charge in [-0.05, 0) is 38.3 Å². The zero-order valence-electron chi connectivity index (χ0n) is 19.2. The Balaban J connectivity index is 1.42. The highest BCUT2D eigenvalue weighted by Gasteiger charge is 2.26. The van der Waals surface area contributed by atoms with Crippen molar-refractivity contribution in [3.05, 3.63) is 29.6 Å². The van der Waals surface area contributed by atoms with Crippen LogP contribution in [0, 0.1) is 0 Å². The van der Waals surface area contributed by atoms with Crippen molar-refractivity contribution in [2.24, 2.45) is 0 Å². The zero-order chi connectivity index (χ0) is 22.5. The van der Waals surface area contributed by atoms with Crippen molar-refractivity contribution in [2.45, 2.75) is 57.2 Å². The molecule has 1 aliphatic carbocycles. The van der Waals surface area contributed by atoms with Crippen molar-refractivity contribution >= 4 is 5.91 Å². The maximum Gasteiger partial charge on any atom is 0.273 e. The number of nitrogens with one attached hydrogen (secondary N) is 1. The van der Waals surface area contributed by atoms with Gasteiger partial charge in [-0.2, -0.15) is 0 Å². The summed E-state index contributed by atoms with van der Waals surface area (Å²) in [5.74, 6) is 1.83. The van der Waals surface area contributed by atoms with Gasteiger partial charge in [-0.3, -0.25) is 9.69 Å². The molecule has 2 aliphatic rings. The van der Waals surface area contributed by atoms with Crippen molar-refractivity contribution in [1.82, 2.24) is 25.2 Å². The summed E-state index contributed by atoms with van der Waals surface area (Å²) in [7, 11) is 4.88. The molecule has 2 fully saturated rings. The van der Waals surface area contributed by atoms with Gasteiger partial charge in [0, 0.05) is 24.7 Å². The monoisotopic (exact) mass is 443 g/mol. The van der Waals surface area contributed by atoms with E-state index in [2.05, 4.69) is 20.5 Å². The maximum atomic E-state index is 12.5. The van der Waals surface area contributed by atoms with E-state index < -0.39 is 0 Å². The fourth-order valence-electron chi connectivity index (χ4n) is 4.81. The number of nitrogens with zero attached hydrogens (tertiary/aromatic N) is 4. The molecule has 4 rings (SSSR count). The molecule has 1 aliphatic heterocycles. The largest absolute Gasteiger partial charge is 0.493 e. The van der Waals surface area contributed by atoms with Crippen molar-refractivity contribution in [3.8, 4) is 17.2 Å². The summed E-state index contributed by atoms with van der Waals surface area (Å²) in [6, 6.07) is 4.37. The number of aromatic nitrogens is 3. The van der Waals surface area contributed by atoms with E-state index in [1.807, 2.05) is 16.8 Å². The fourth-order valence-corrected chi connectivity index (χ4v) is 4.81. The van der Waals surface area contributed by atoms with E-state index in [0.29, 0.717) is 22.9 Å². The Bertz CT molecular complexity index is 925. The number of benzene rings is 1. The van der Waals surface area contributed by atoms with Crippen molar-refractivity contribution < 1.29 is 19.0 Å². The number of hydrogen-bond acceptors (Lipinski definition) is 7. The lowest BCUT2D eigenvalue weighted by atomic mass is 10.0. The highest BCUT2D eigenvalue weighted by molar-refractivity contribution is 5.92. The Kier molecular flexibility index (Phi) is 7.14. The molecule has 1 amide bonds. The summed E-state index contributed by atoms with van der Waals surface area (Å²) in [6.45, 7) is 2.53. The molecule has 9 nitrogen and oxygen atoms in total. The molecule has 1 atom stereocenters. The van der Waals surface area contributed by atoms with Crippen LogP contribution in [0.3, 0.4) is 0 Å². The van der Waals surface area contributed by atoms with Crippen LogP contribution in [0.2, 0.25) is 0 Å².